The van der Waals surface area contributed by atoms with E-state index in [1.807, 2.05) is 32.9 Å². The fraction of sp³-hybridized carbons (Fsp3) is 0.697. The third-order valence-corrected chi connectivity index (χ3v) is 10.2. The molecule has 1 spiro atoms. The van der Waals surface area contributed by atoms with Gasteiger partial charge in [-0.1, -0.05) is 12.1 Å². The summed E-state index contributed by atoms with van der Waals surface area (Å²) in [6, 6.07) is 5.51. The van der Waals surface area contributed by atoms with Crippen molar-refractivity contribution in [1.82, 2.24) is 29.6 Å². The topological polar surface area (TPSA) is 118 Å². The molecule has 1 saturated carbocycles. The van der Waals surface area contributed by atoms with Crippen molar-refractivity contribution >= 4 is 28.9 Å². The van der Waals surface area contributed by atoms with Gasteiger partial charge in [0.05, 0.1) is 11.0 Å². The summed E-state index contributed by atoms with van der Waals surface area (Å²) in [7, 11) is 1.77. The van der Waals surface area contributed by atoms with Crippen molar-refractivity contribution in [2.45, 2.75) is 96.4 Å². The second kappa shape index (κ2) is 12.0. The average molecular weight is 609 g/mol. The number of para-hydroxylation sites is 1. The van der Waals surface area contributed by atoms with Crippen LogP contribution in [0.3, 0.4) is 0 Å². The first kappa shape index (κ1) is 30.8. The van der Waals surface area contributed by atoms with E-state index in [9.17, 15) is 19.2 Å². The Morgan fingerprint density at radius 2 is 1.73 bits per heavy atom. The number of nitrogens with one attached hydrogen (secondary N) is 2. The number of rotatable bonds is 6. The lowest BCUT2D eigenvalue weighted by Gasteiger charge is -2.54. The molecule has 11 nitrogen and oxygen atoms in total. The molecule has 3 saturated heterocycles. The van der Waals surface area contributed by atoms with Crippen LogP contribution < -0.4 is 16.3 Å². The Balaban J connectivity index is 0.987. The highest BCUT2D eigenvalue weighted by Gasteiger charge is 2.45. The molecule has 0 bridgehead atoms. The van der Waals surface area contributed by atoms with Crippen molar-refractivity contribution < 1.29 is 19.1 Å². The van der Waals surface area contributed by atoms with Gasteiger partial charge in [-0.15, -0.1) is 0 Å². The van der Waals surface area contributed by atoms with E-state index < -0.39 is 17.6 Å². The first-order valence-electron chi connectivity index (χ1n) is 16.4. The molecule has 1 atom stereocenters. The highest BCUT2D eigenvalue weighted by Crippen LogP contribution is 2.42. The highest BCUT2D eigenvalue weighted by atomic mass is 16.6. The number of hydrogen-bond acceptors (Lipinski definition) is 7. The number of aryl methyl sites for hydroxylation is 1. The van der Waals surface area contributed by atoms with Gasteiger partial charge in [0.15, 0.2) is 0 Å². The smallest absolute Gasteiger partial charge is 0.407 e. The van der Waals surface area contributed by atoms with E-state index in [0.29, 0.717) is 17.8 Å². The van der Waals surface area contributed by atoms with Crippen LogP contribution in [0.25, 0.3) is 11.0 Å². The van der Waals surface area contributed by atoms with E-state index in [1.165, 1.54) is 12.8 Å². The Morgan fingerprint density at radius 3 is 2.39 bits per heavy atom. The lowest BCUT2D eigenvalue weighted by molar-refractivity contribution is -0.135. The molecule has 4 aliphatic rings. The minimum absolute atomic E-state index is 0.218. The molecule has 1 aliphatic carbocycles. The van der Waals surface area contributed by atoms with Gasteiger partial charge in [-0.25, -0.2) is 9.59 Å². The Hall–Kier alpha value is -3.18. The summed E-state index contributed by atoms with van der Waals surface area (Å²) in [5.74, 6) is 0.00740. The summed E-state index contributed by atoms with van der Waals surface area (Å²) < 4.78 is 8.65. The van der Waals surface area contributed by atoms with Crippen molar-refractivity contribution in [2.24, 2.45) is 18.4 Å². The van der Waals surface area contributed by atoms with Gasteiger partial charge in [0, 0.05) is 45.7 Å². The fourth-order valence-corrected chi connectivity index (χ4v) is 7.99. The number of hydrogen-bond donors (Lipinski definition) is 2. The number of benzene rings is 1. The van der Waals surface area contributed by atoms with Crippen molar-refractivity contribution in [1.29, 1.82) is 0 Å². The van der Waals surface area contributed by atoms with E-state index in [4.69, 9.17) is 4.74 Å². The van der Waals surface area contributed by atoms with Gasteiger partial charge in [0.25, 0.3) is 0 Å². The standard InChI is InChI=1S/C33H48N6O5/c1-32(2,3)44-30(42)34-24-10-8-22(9-11-24)18-37-16-14-33(15-17-37)20-38(21-33)19-23-6-5-7-25-28(23)36(4)31(43)39(25)26-12-13-27(40)35-29(26)41/h5-7,22,24,26H,8-21H2,1-4H3,(H,34,42)(H,35,40,41). The maximum absolute atomic E-state index is 13.3. The van der Waals surface area contributed by atoms with Crippen LogP contribution in [-0.2, 0) is 27.9 Å². The molecular weight excluding hydrogens is 560 g/mol. The Kier molecular flexibility index (Phi) is 8.38. The lowest BCUT2D eigenvalue weighted by Crippen LogP contribution is -2.60. The molecule has 3 amide bonds. The van der Waals surface area contributed by atoms with E-state index in [-0.39, 0.29) is 30.2 Å². The lowest BCUT2D eigenvalue weighted by atomic mass is 9.71. The van der Waals surface area contributed by atoms with Gasteiger partial charge < -0.3 is 15.0 Å². The van der Waals surface area contributed by atoms with Gasteiger partial charge >= 0.3 is 11.8 Å². The first-order chi connectivity index (χ1) is 20.9. The molecule has 240 valence electrons. The SMILES string of the molecule is Cn1c(=O)n(C2CCC(=O)NC2=O)c2cccc(CN3CC4(CCN(CC5CCC(NC(=O)OC(C)(C)C)CC5)CC4)C3)c21. The maximum atomic E-state index is 13.3. The summed E-state index contributed by atoms with van der Waals surface area (Å²) >= 11 is 0. The Bertz CT molecular complexity index is 1460. The maximum Gasteiger partial charge on any atom is 0.407 e. The second-order valence-electron chi connectivity index (χ2n) is 14.8. The fourth-order valence-electron chi connectivity index (χ4n) is 7.99. The molecule has 0 radical (unpaired) electrons. The van der Waals surface area contributed by atoms with Crippen molar-refractivity contribution in [3.8, 4) is 0 Å². The number of carbonyl (C=O) groups is 3. The molecule has 6 rings (SSSR count). The quantitative estimate of drug-likeness (QED) is 0.484. The molecule has 2 aromatic rings. The summed E-state index contributed by atoms with van der Waals surface area (Å²) in [5, 5.41) is 5.45. The average Bonchev–Trinajstić information content (AvgIpc) is 3.19. The molecule has 1 aromatic carbocycles. The number of imide groups is 1. The zero-order valence-corrected chi connectivity index (χ0v) is 26.7. The minimum atomic E-state index is -0.666. The van der Waals surface area contributed by atoms with E-state index in [0.717, 1.165) is 81.5 Å². The molecule has 4 heterocycles. The molecule has 3 aliphatic heterocycles. The number of fused-ring (bicyclic) bond motifs is 1. The number of amides is 3. The molecule has 44 heavy (non-hydrogen) atoms. The number of imidazole rings is 1. The highest BCUT2D eigenvalue weighted by molar-refractivity contribution is 6.00. The van der Waals surface area contributed by atoms with Crippen LogP contribution in [0.4, 0.5) is 4.79 Å². The predicted molar refractivity (Wildman–Crippen MR) is 167 cm³/mol. The van der Waals surface area contributed by atoms with Gasteiger partial charge in [0.2, 0.25) is 11.8 Å². The number of aromatic nitrogens is 2. The summed E-state index contributed by atoms with van der Waals surface area (Å²) in [6.45, 7) is 12.0. The number of likely N-dealkylation sites (tertiary alicyclic amines) is 2. The summed E-state index contributed by atoms with van der Waals surface area (Å²) in [5.41, 5.74) is 2.41. The van der Waals surface area contributed by atoms with Crippen LogP contribution in [0.5, 0.6) is 0 Å². The van der Waals surface area contributed by atoms with Gasteiger partial charge in [-0.3, -0.25) is 28.9 Å². The molecule has 4 fully saturated rings. The summed E-state index contributed by atoms with van der Waals surface area (Å²) in [4.78, 5) is 54.8. The van der Waals surface area contributed by atoms with Gasteiger partial charge in [-0.2, -0.15) is 0 Å². The van der Waals surface area contributed by atoms with E-state index >= 15 is 0 Å². The molecule has 1 unspecified atom stereocenters. The zero-order valence-electron chi connectivity index (χ0n) is 26.7. The molecular formula is C33H48N6O5. The van der Waals surface area contributed by atoms with E-state index in [1.54, 1.807) is 16.2 Å². The number of nitrogens with zero attached hydrogens (tertiary/aromatic N) is 4. The monoisotopic (exact) mass is 608 g/mol. The third-order valence-electron chi connectivity index (χ3n) is 10.2. The molecule has 1 aromatic heterocycles. The van der Waals surface area contributed by atoms with Crippen LogP contribution in [0.1, 0.15) is 83.7 Å². The largest absolute Gasteiger partial charge is 0.444 e. The first-order valence-corrected chi connectivity index (χ1v) is 16.4. The zero-order chi connectivity index (χ0) is 31.2. The minimum Gasteiger partial charge on any atom is -0.444 e. The van der Waals surface area contributed by atoms with Crippen LogP contribution in [0.15, 0.2) is 23.0 Å². The van der Waals surface area contributed by atoms with Crippen LogP contribution in [-0.4, -0.2) is 81.2 Å². The normalized spacial score (nSPS) is 26.4. The number of alkyl carbamates (subject to hydrolysis) is 1. The molecule has 11 heteroatoms. The number of carbonyl (C=O) groups excluding carboxylic acids is 3. The Morgan fingerprint density at radius 1 is 1.02 bits per heavy atom. The Labute approximate surface area is 259 Å². The third kappa shape index (κ3) is 6.44. The van der Waals surface area contributed by atoms with Crippen molar-refractivity contribution in [3.05, 3.63) is 34.2 Å². The van der Waals surface area contributed by atoms with Gasteiger partial charge in [-0.05, 0) is 102 Å². The van der Waals surface area contributed by atoms with Crippen LogP contribution >= 0.6 is 0 Å². The van der Waals surface area contributed by atoms with Gasteiger partial charge in [0.1, 0.15) is 11.6 Å². The van der Waals surface area contributed by atoms with Crippen molar-refractivity contribution in [3.63, 3.8) is 0 Å². The summed E-state index contributed by atoms with van der Waals surface area (Å²) in [6.07, 6.45) is 7.04. The predicted octanol–water partition coefficient (Wildman–Crippen LogP) is 3.30. The number of ether oxygens (including phenoxy) is 1. The van der Waals surface area contributed by atoms with Crippen LogP contribution in [0, 0.1) is 11.3 Å². The molecule has 2 N–H and O–H groups in total. The number of piperidine rings is 2. The van der Waals surface area contributed by atoms with E-state index in [2.05, 4.69) is 26.5 Å². The van der Waals surface area contributed by atoms with Crippen LogP contribution in [0.2, 0.25) is 0 Å². The van der Waals surface area contributed by atoms with Crippen molar-refractivity contribution in [2.75, 3.05) is 32.7 Å². The second-order valence-corrected chi connectivity index (χ2v) is 14.8.